The second kappa shape index (κ2) is 6.71. The Hall–Kier alpha value is -3.11. The minimum atomic E-state index is -4.35. The Kier molecular flexibility index (Phi) is 4.23. The van der Waals surface area contributed by atoms with E-state index in [-0.39, 0.29) is 0 Å². The van der Waals surface area contributed by atoms with Gasteiger partial charge in [0.25, 0.3) is 0 Å². The van der Waals surface area contributed by atoms with E-state index in [0.29, 0.717) is 0 Å². The van der Waals surface area contributed by atoms with E-state index in [2.05, 4.69) is 47.4 Å². The molecule has 150 valence electrons. The first kappa shape index (κ1) is 18.9. The van der Waals surface area contributed by atoms with Crippen LogP contribution in [0, 0.1) is 0 Å². The minimum absolute atomic E-state index is 0.631. The highest BCUT2D eigenvalue weighted by Gasteiger charge is 2.46. The zero-order valence-electron chi connectivity index (χ0n) is 16.4. The second-order valence-corrected chi connectivity index (χ2v) is 7.86. The first-order valence-electron chi connectivity index (χ1n) is 9.87. The number of hydrogen-bond acceptors (Lipinski definition) is 1. The van der Waals surface area contributed by atoms with Gasteiger partial charge in [-0.2, -0.15) is 13.2 Å². The molecule has 0 aromatic heterocycles. The van der Waals surface area contributed by atoms with Gasteiger partial charge in [0.1, 0.15) is 0 Å². The Labute approximate surface area is 173 Å². The van der Waals surface area contributed by atoms with Gasteiger partial charge < -0.3 is 0 Å². The summed E-state index contributed by atoms with van der Waals surface area (Å²) in [6.45, 7) is 0.726. The molecule has 1 unspecified atom stereocenters. The standard InChI is InChI=1S/C26H20F3N/c1-30-17-20-8-4-5-9-24(20)25(30,21-12-14-22(15-13-21)26(27,28)29)23-11-10-18-6-2-3-7-19(18)16-23/h2-16H,17H2,1H3. The summed E-state index contributed by atoms with van der Waals surface area (Å²) in [7, 11) is 2.03. The van der Waals surface area contributed by atoms with Crippen molar-refractivity contribution in [3.8, 4) is 0 Å². The van der Waals surface area contributed by atoms with Crippen molar-refractivity contribution in [2.45, 2.75) is 18.3 Å². The van der Waals surface area contributed by atoms with Crippen LogP contribution in [0.1, 0.15) is 27.8 Å². The first-order chi connectivity index (χ1) is 14.4. The molecule has 1 nitrogen and oxygen atoms in total. The lowest BCUT2D eigenvalue weighted by Gasteiger charge is -2.39. The summed E-state index contributed by atoms with van der Waals surface area (Å²) in [6.07, 6.45) is -4.35. The maximum absolute atomic E-state index is 13.2. The first-order valence-corrected chi connectivity index (χ1v) is 9.87. The number of hydrogen-bond donors (Lipinski definition) is 0. The summed E-state index contributed by atoms with van der Waals surface area (Å²) in [5.74, 6) is 0. The fourth-order valence-corrected chi connectivity index (χ4v) is 4.82. The minimum Gasteiger partial charge on any atom is -0.285 e. The number of halogens is 3. The molecule has 1 atom stereocenters. The van der Waals surface area contributed by atoms with E-state index in [1.807, 2.05) is 31.3 Å². The average molecular weight is 403 g/mol. The zero-order chi connectivity index (χ0) is 20.9. The highest BCUT2D eigenvalue weighted by Crippen LogP contribution is 2.49. The third-order valence-electron chi connectivity index (χ3n) is 6.18. The molecule has 0 radical (unpaired) electrons. The molecule has 1 aliphatic rings. The van der Waals surface area contributed by atoms with Gasteiger partial charge in [-0.3, -0.25) is 4.90 Å². The van der Waals surface area contributed by atoms with E-state index in [1.165, 1.54) is 17.7 Å². The van der Waals surface area contributed by atoms with Crippen LogP contribution in [-0.4, -0.2) is 11.9 Å². The molecule has 4 heteroatoms. The van der Waals surface area contributed by atoms with Crippen LogP contribution in [0.4, 0.5) is 13.2 Å². The van der Waals surface area contributed by atoms with Crippen molar-refractivity contribution in [1.82, 2.24) is 4.90 Å². The van der Waals surface area contributed by atoms with Gasteiger partial charge in [0.05, 0.1) is 11.1 Å². The Morgan fingerprint density at radius 2 is 1.37 bits per heavy atom. The highest BCUT2D eigenvalue weighted by atomic mass is 19.4. The van der Waals surface area contributed by atoms with Crippen LogP contribution in [-0.2, 0) is 18.3 Å². The van der Waals surface area contributed by atoms with E-state index in [4.69, 9.17) is 0 Å². The molecule has 5 rings (SSSR count). The summed E-state index contributed by atoms with van der Waals surface area (Å²) in [5, 5.41) is 2.25. The highest BCUT2D eigenvalue weighted by molar-refractivity contribution is 5.84. The molecule has 0 fully saturated rings. The Bertz CT molecular complexity index is 1230. The molecule has 1 heterocycles. The van der Waals surface area contributed by atoms with Gasteiger partial charge in [-0.05, 0) is 58.3 Å². The molecule has 0 N–H and O–H groups in total. The van der Waals surface area contributed by atoms with Crippen molar-refractivity contribution >= 4 is 10.8 Å². The fraction of sp³-hybridized carbons (Fsp3) is 0.154. The molecular formula is C26H20F3N. The van der Waals surface area contributed by atoms with E-state index >= 15 is 0 Å². The molecule has 0 bridgehead atoms. The van der Waals surface area contributed by atoms with Crippen LogP contribution in [0.15, 0.2) is 91.0 Å². The Balaban J connectivity index is 1.79. The normalized spacial score (nSPS) is 19.2. The largest absolute Gasteiger partial charge is 0.416 e. The predicted octanol–water partition coefficient (Wildman–Crippen LogP) is 6.60. The van der Waals surface area contributed by atoms with Crippen molar-refractivity contribution in [2.75, 3.05) is 7.05 Å². The summed E-state index contributed by atoms with van der Waals surface area (Å²) in [5.41, 5.74) is 2.90. The molecule has 0 spiro atoms. The van der Waals surface area contributed by atoms with Crippen LogP contribution < -0.4 is 0 Å². The summed E-state index contributed by atoms with van der Waals surface area (Å²) < 4.78 is 39.6. The lowest BCUT2D eigenvalue weighted by molar-refractivity contribution is -0.137. The van der Waals surface area contributed by atoms with Crippen molar-refractivity contribution in [1.29, 1.82) is 0 Å². The van der Waals surface area contributed by atoms with Crippen molar-refractivity contribution in [3.05, 3.63) is 119 Å². The van der Waals surface area contributed by atoms with Gasteiger partial charge in [-0.1, -0.05) is 72.8 Å². The molecule has 0 saturated carbocycles. The number of rotatable bonds is 2. The number of alkyl halides is 3. The average Bonchev–Trinajstić information content (AvgIpc) is 3.05. The third kappa shape index (κ3) is 2.75. The number of benzene rings is 4. The van der Waals surface area contributed by atoms with Crippen molar-refractivity contribution in [3.63, 3.8) is 0 Å². The fourth-order valence-electron chi connectivity index (χ4n) is 4.82. The van der Waals surface area contributed by atoms with E-state index in [0.717, 1.165) is 34.0 Å². The number of fused-ring (bicyclic) bond motifs is 2. The summed E-state index contributed by atoms with van der Waals surface area (Å²) in [4.78, 5) is 2.23. The van der Waals surface area contributed by atoms with E-state index < -0.39 is 17.3 Å². The molecule has 4 aromatic rings. The Morgan fingerprint density at radius 3 is 2.10 bits per heavy atom. The molecule has 0 aliphatic carbocycles. The second-order valence-electron chi connectivity index (χ2n) is 7.86. The van der Waals surface area contributed by atoms with Crippen LogP contribution in [0.25, 0.3) is 10.8 Å². The molecular weight excluding hydrogens is 383 g/mol. The van der Waals surface area contributed by atoms with Crippen LogP contribution in [0.3, 0.4) is 0 Å². The molecule has 1 aliphatic heterocycles. The lowest BCUT2D eigenvalue weighted by atomic mass is 9.76. The molecule has 4 aromatic carbocycles. The van der Waals surface area contributed by atoms with E-state index in [1.54, 1.807) is 12.1 Å². The van der Waals surface area contributed by atoms with Crippen molar-refractivity contribution in [2.24, 2.45) is 0 Å². The van der Waals surface area contributed by atoms with Crippen LogP contribution in [0.5, 0.6) is 0 Å². The van der Waals surface area contributed by atoms with Gasteiger partial charge in [0, 0.05) is 6.54 Å². The SMILES string of the molecule is CN1Cc2ccccc2C1(c1ccc(C(F)(F)F)cc1)c1ccc2ccccc2c1. The quantitative estimate of drug-likeness (QED) is 0.365. The van der Waals surface area contributed by atoms with Crippen LogP contribution >= 0.6 is 0 Å². The topological polar surface area (TPSA) is 3.24 Å². The van der Waals surface area contributed by atoms with Gasteiger partial charge in [-0.25, -0.2) is 0 Å². The summed E-state index contributed by atoms with van der Waals surface area (Å²) in [6, 6.07) is 28.3. The molecule has 30 heavy (non-hydrogen) atoms. The maximum atomic E-state index is 13.2. The molecule has 0 amide bonds. The lowest BCUT2D eigenvalue weighted by Crippen LogP contribution is -2.40. The van der Waals surface area contributed by atoms with Crippen LogP contribution in [0.2, 0.25) is 0 Å². The smallest absolute Gasteiger partial charge is 0.285 e. The van der Waals surface area contributed by atoms with Crippen molar-refractivity contribution < 1.29 is 13.2 Å². The Morgan fingerprint density at radius 1 is 0.733 bits per heavy atom. The third-order valence-corrected chi connectivity index (χ3v) is 6.18. The zero-order valence-corrected chi connectivity index (χ0v) is 16.4. The molecule has 0 saturated heterocycles. The predicted molar refractivity (Wildman–Crippen MR) is 113 cm³/mol. The van der Waals surface area contributed by atoms with Gasteiger partial charge in [0.15, 0.2) is 0 Å². The monoisotopic (exact) mass is 403 g/mol. The number of nitrogens with zero attached hydrogens (tertiary/aromatic N) is 1. The summed E-state index contributed by atoms with van der Waals surface area (Å²) >= 11 is 0. The van der Waals surface area contributed by atoms with E-state index in [9.17, 15) is 13.2 Å². The van der Waals surface area contributed by atoms with Gasteiger partial charge in [-0.15, -0.1) is 0 Å². The van der Waals surface area contributed by atoms with Gasteiger partial charge >= 0.3 is 6.18 Å². The maximum Gasteiger partial charge on any atom is 0.416 e. The van der Waals surface area contributed by atoms with Gasteiger partial charge in [0.2, 0.25) is 0 Å².